The van der Waals surface area contributed by atoms with E-state index in [1.54, 1.807) is 49.5 Å². The van der Waals surface area contributed by atoms with Crippen LogP contribution in [0, 0.1) is 11.8 Å². The number of quaternary nitrogens is 4. The molecule has 26 N–H and O–H groups in total. The average molecular weight is 1380 g/mol. The molecule has 4 aliphatic heterocycles. The van der Waals surface area contributed by atoms with Crippen molar-refractivity contribution in [2.45, 2.75) is 191 Å². The van der Waals surface area contributed by atoms with Gasteiger partial charge in [-0.25, -0.2) is 19.2 Å². The summed E-state index contributed by atoms with van der Waals surface area (Å²) in [6, 6.07) is 5.21. The zero-order valence-corrected chi connectivity index (χ0v) is 57.0. The van der Waals surface area contributed by atoms with Crippen molar-refractivity contribution in [1.29, 1.82) is 0 Å². The first-order valence-electron chi connectivity index (χ1n) is 32.0. The highest BCUT2D eigenvalue weighted by atomic mass is 16.7. The lowest BCUT2D eigenvalue weighted by Crippen LogP contribution is -2.94. The van der Waals surface area contributed by atoms with Crippen LogP contribution >= 0.6 is 0 Å². The van der Waals surface area contributed by atoms with Crippen LogP contribution in [0.1, 0.15) is 90.0 Å². The van der Waals surface area contributed by atoms with Crippen molar-refractivity contribution >= 4 is 35.3 Å². The van der Waals surface area contributed by atoms with Crippen LogP contribution in [0.2, 0.25) is 0 Å². The predicted molar refractivity (Wildman–Crippen MR) is 337 cm³/mol. The maximum atomic E-state index is 12.6. The molecule has 2 aromatic rings. The summed E-state index contributed by atoms with van der Waals surface area (Å²) < 4.78 is 55.4. The smallest absolute Gasteiger partial charge is 0.344 e. The fraction of sp³-hybridized carbons (Fsp3) is 0.738. The lowest BCUT2D eigenvalue weighted by atomic mass is 9.88. The third-order valence-electron chi connectivity index (χ3n) is 15.4. The minimum absolute atomic E-state index is 0.00995. The van der Waals surface area contributed by atoms with Gasteiger partial charge in [0.15, 0.2) is 24.3 Å². The summed E-state index contributed by atoms with van der Waals surface area (Å²) in [5.41, 5.74) is 11.1. The van der Waals surface area contributed by atoms with Crippen LogP contribution in [0.5, 0.6) is 11.5 Å². The van der Waals surface area contributed by atoms with Crippen LogP contribution in [0.15, 0.2) is 36.4 Å². The van der Waals surface area contributed by atoms with E-state index in [0.29, 0.717) is 5.69 Å². The molecular weight excluding hydrogens is 1260 g/mol. The van der Waals surface area contributed by atoms with E-state index in [9.17, 15) is 75.3 Å². The van der Waals surface area contributed by atoms with E-state index in [0.717, 1.165) is 0 Å². The van der Waals surface area contributed by atoms with Gasteiger partial charge in [-0.3, -0.25) is 0 Å². The first-order chi connectivity index (χ1) is 45.3. The minimum Gasteiger partial charge on any atom is -0.507 e. The standard InChI is InChI=1S/C27H43N3O14.C19H36N2O11.C7H7NO3.4C2H6/c1-12(25(36)40-11-41-26(37)14-6-13(28)4-5-16(14)33)42-24-20(29-2)19(43-18(8-32)23(24)35)10-39-9-15-17(7-31)44-27(38)21(30-3)22(15)34;1-8(18(26)27)30-17-13(20-2)12(31-11(5-23)16(17)25)7-29-6-9-10(4-22)32-19(28)14(21-3)15(9)24;8-4-1-2-6(9)5(3-4)7(10)11;4*1-2/h4-6,12,15,17-24,27,29-35,38H,7-11,28H2,1-3H3;8-17,19-25,28H,4-7H2,1-3H3,(H,26,27);1-3,9H,8H2,(H,10,11);4*1-2H3/p+4/t12?,15-,17?,18?,19+,20?,21?,22-,23-,24+,27-;8?,9-,10?,11?,12+,13?,14?,15-,16-,17+,19-;;;;;/m11...../s1. The fourth-order valence-corrected chi connectivity index (χ4v) is 10.4. The number of phenols is 2. The van der Waals surface area contributed by atoms with E-state index < -0.39 is 191 Å². The third-order valence-corrected chi connectivity index (χ3v) is 15.4. The molecule has 0 spiro atoms. The average Bonchev–Trinajstić information content (AvgIpc) is 0.862. The number of aliphatic hydroxyl groups excluding tert-OH is 10. The highest BCUT2D eigenvalue weighted by molar-refractivity contribution is 5.93. The van der Waals surface area contributed by atoms with Gasteiger partial charge in [0.05, 0.1) is 93.3 Å². The number of aliphatic carboxylic acids is 1. The van der Waals surface area contributed by atoms with Crippen molar-refractivity contribution in [3.05, 3.63) is 47.5 Å². The topological polar surface area (TPSA) is 562 Å². The summed E-state index contributed by atoms with van der Waals surface area (Å²) in [4.78, 5) is 46.4. The quantitative estimate of drug-likeness (QED) is 0.0180. The molecule has 0 radical (unpaired) electrons. The maximum absolute atomic E-state index is 12.6. The van der Waals surface area contributed by atoms with Gasteiger partial charge in [-0.05, 0) is 50.2 Å². The van der Waals surface area contributed by atoms with Crippen LogP contribution < -0.4 is 32.7 Å². The largest absolute Gasteiger partial charge is 0.507 e. The number of nitrogens with two attached hydrogens (primary N) is 6. The van der Waals surface area contributed by atoms with Crippen molar-refractivity contribution in [2.24, 2.45) is 11.8 Å². The number of carboxylic acids is 2. The summed E-state index contributed by atoms with van der Waals surface area (Å²) in [6.07, 6.45) is -16.7. The van der Waals surface area contributed by atoms with Crippen molar-refractivity contribution in [1.82, 2.24) is 0 Å². The van der Waals surface area contributed by atoms with E-state index >= 15 is 0 Å². The molecule has 4 saturated heterocycles. The van der Waals surface area contributed by atoms with Gasteiger partial charge in [0.2, 0.25) is 19.4 Å². The Bertz CT molecular complexity index is 2450. The van der Waals surface area contributed by atoms with Crippen LogP contribution in [-0.4, -0.2) is 305 Å². The molecule has 0 bridgehead atoms. The third kappa shape index (κ3) is 26.4. The Morgan fingerprint density at radius 2 is 0.842 bits per heavy atom. The SMILES string of the molecule is CC.CC.CC.CC.C[NH2+]C1[C@H](O)OC(CO)[C@@H](COC[C@@H]2OC(CO)[C@@H](O)[C@@H](OC(C)C(=O)O)C2[NH2+]C)[C@H]1O.C[NH2+]C1[C@H](O)OC(CO)[C@@H](COC[C@@H]2OC(CO)[C@@H](O)[C@@H](OC(C)C(=O)OCOC(=O)c3cc(N)ccc3O)C2[NH2+]C)[C@H]1O.Nc1ccc(O)c(C(=O)O)c1. The van der Waals surface area contributed by atoms with Crippen LogP contribution in [-0.2, 0) is 57.0 Å². The number of hydrogen-bond acceptors (Lipinski definition) is 28. The van der Waals surface area contributed by atoms with Gasteiger partial charge < -0.3 is 152 Å². The molecule has 6 rings (SSSR count). The maximum Gasteiger partial charge on any atom is 0.344 e. The second-order valence-electron chi connectivity index (χ2n) is 21.0. The molecule has 4 heterocycles. The molecule has 10 unspecified atom stereocenters. The Morgan fingerprint density at radius 1 is 0.484 bits per heavy atom. The van der Waals surface area contributed by atoms with Crippen molar-refractivity contribution < 1.29 is 159 Å². The molecule has 0 amide bonds. The number of esters is 2. The van der Waals surface area contributed by atoms with E-state index in [4.69, 9.17) is 74.2 Å². The van der Waals surface area contributed by atoms with E-state index in [-0.39, 0.29) is 54.7 Å². The van der Waals surface area contributed by atoms with Crippen LogP contribution in [0.3, 0.4) is 0 Å². The number of likely N-dealkylation sites (N-methyl/N-ethyl adjacent to an activating group) is 4. The van der Waals surface area contributed by atoms with Gasteiger partial charge in [-0.15, -0.1) is 0 Å². The first-order valence-corrected chi connectivity index (χ1v) is 32.0. The number of rotatable bonds is 26. The number of phenolic OH excluding ortho intramolecular Hbond substituents is 1. The van der Waals surface area contributed by atoms with E-state index in [1.165, 1.54) is 50.2 Å². The Labute approximate surface area is 554 Å². The van der Waals surface area contributed by atoms with Gasteiger partial charge in [0, 0.05) is 23.2 Å². The van der Waals surface area contributed by atoms with Gasteiger partial charge in [0.1, 0.15) is 95.7 Å². The number of carbonyl (C=O) groups excluding carboxylic acids is 2. The molecule has 0 aromatic heterocycles. The number of nitrogen functional groups attached to an aromatic ring is 2. The van der Waals surface area contributed by atoms with E-state index in [2.05, 4.69) is 0 Å². The van der Waals surface area contributed by atoms with Gasteiger partial charge in [-0.1, -0.05) is 55.4 Å². The molecule has 0 saturated carbocycles. The number of benzene rings is 2. The summed E-state index contributed by atoms with van der Waals surface area (Å²) in [5.74, 6) is -6.17. The Balaban J connectivity index is 0.00000150. The Hall–Kier alpha value is -5.36. The van der Waals surface area contributed by atoms with Gasteiger partial charge in [-0.2, -0.15) is 0 Å². The number of aromatic carboxylic acids is 1. The number of aliphatic hydroxyl groups is 10. The predicted octanol–water partition coefficient (Wildman–Crippen LogP) is -7.08. The normalized spacial score (nSPS) is 30.6. The minimum atomic E-state index is -1.34. The zero-order chi connectivity index (χ0) is 73.0. The molecule has 22 atom stereocenters. The van der Waals surface area contributed by atoms with Crippen LogP contribution in [0.25, 0.3) is 0 Å². The number of ether oxygens (including phenoxy) is 10. The van der Waals surface area contributed by atoms with Crippen molar-refractivity contribution in [3.63, 3.8) is 0 Å². The number of hydrogen-bond donors (Lipinski definition) is 20. The van der Waals surface area contributed by atoms with E-state index in [1.807, 2.05) is 55.4 Å². The Kier molecular flexibility index (Phi) is 44.9. The molecule has 34 nitrogen and oxygen atoms in total. The zero-order valence-electron chi connectivity index (χ0n) is 57.0. The van der Waals surface area contributed by atoms with Gasteiger partial charge in [0.25, 0.3) is 0 Å². The number of aromatic hydroxyl groups is 2. The fourth-order valence-electron chi connectivity index (χ4n) is 10.4. The number of carboxylic acid groups (broad SMARTS) is 2. The molecule has 4 aliphatic rings. The Morgan fingerprint density at radius 3 is 1.18 bits per heavy atom. The molecule has 4 fully saturated rings. The molecule has 2 aromatic carbocycles. The van der Waals surface area contributed by atoms with Crippen molar-refractivity contribution in [2.75, 3.05) is 99.3 Å². The van der Waals surface area contributed by atoms with Crippen molar-refractivity contribution in [3.8, 4) is 11.5 Å². The number of anilines is 2. The summed E-state index contributed by atoms with van der Waals surface area (Å²) in [7, 11) is 6.78. The molecule has 95 heavy (non-hydrogen) atoms. The van der Waals surface area contributed by atoms with Crippen LogP contribution in [0.4, 0.5) is 11.4 Å². The summed E-state index contributed by atoms with van der Waals surface area (Å²) >= 11 is 0. The molecular formula is C61H114N6O28+4. The molecule has 0 aliphatic carbocycles. The highest BCUT2D eigenvalue weighted by Crippen LogP contribution is 2.30. The second-order valence-corrected chi connectivity index (χ2v) is 21.0. The molecule has 552 valence electrons. The second kappa shape index (κ2) is 47.6. The first kappa shape index (κ1) is 89.6. The van der Waals surface area contributed by atoms with Gasteiger partial charge >= 0.3 is 23.9 Å². The highest BCUT2D eigenvalue weighted by Gasteiger charge is 2.52. The number of carbonyl (C=O) groups is 4. The monoisotopic (exact) mass is 1380 g/mol. The molecule has 34 heteroatoms. The lowest BCUT2D eigenvalue weighted by molar-refractivity contribution is -0.694. The lowest BCUT2D eigenvalue weighted by Gasteiger charge is -2.43. The summed E-state index contributed by atoms with van der Waals surface area (Å²) in [5, 5.41) is 145. The summed E-state index contributed by atoms with van der Waals surface area (Å²) in [6.45, 7) is 15.9.